The number of anilines is 2. The molecule has 28 heteroatoms. The summed E-state index contributed by atoms with van der Waals surface area (Å²) in [5, 5.41) is 14.1. The summed E-state index contributed by atoms with van der Waals surface area (Å²) < 4.78 is 71.1. The maximum Gasteiger partial charge on any atom is 0.472 e. The Hall–Kier alpha value is -4.27. The summed E-state index contributed by atoms with van der Waals surface area (Å²) in [6, 6.07) is 1.45. The highest BCUT2D eigenvalue weighted by atomic mass is 31.2. The van der Waals surface area contributed by atoms with Gasteiger partial charge in [-0.25, -0.2) is 33.7 Å². The van der Waals surface area contributed by atoms with E-state index in [1.54, 1.807) is 4.57 Å². The number of ether oxygens (including phenoxy) is 3. The molecule has 7 rings (SSSR count). The highest BCUT2D eigenvalue weighted by Crippen LogP contribution is 2.52. The van der Waals surface area contributed by atoms with Gasteiger partial charge in [0.15, 0.2) is 11.5 Å². The molecule has 4 aromatic rings. The zero-order valence-corrected chi connectivity index (χ0v) is 36.6. The quantitative estimate of drug-likeness (QED) is 0.0709. The number of nitrogens with two attached hydrogens (primary N) is 2. The van der Waals surface area contributed by atoms with Crippen LogP contribution in [0.3, 0.4) is 0 Å². The van der Waals surface area contributed by atoms with Gasteiger partial charge < -0.3 is 45.9 Å². The Morgan fingerprint density at radius 3 is 2.17 bits per heavy atom. The number of fused-ring (bicyclic) bond motifs is 1. The first-order chi connectivity index (χ1) is 29.6. The molecule has 63 heavy (non-hydrogen) atoms. The number of imidazole rings is 1. The molecule has 7 heterocycles. The van der Waals surface area contributed by atoms with E-state index in [-0.39, 0.29) is 42.5 Å². The average molecular weight is 928 g/mol. The molecule has 0 bridgehead atoms. The summed E-state index contributed by atoms with van der Waals surface area (Å²) in [5.74, 6) is 0.134. The predicted octanol–water partition coefficient (Wildman–Crippen LogP) is 0.501. The van der Waals surface area contributed by atoms with E-state index in [0.717, 1.165) is 9.13 Å². The Morgan fingerprint density at radius 2 is 1.51 bits per heavy atom. The van der Waals surface area contributed by atoms with E-state index in [0.29, 0.717) is 17.6 Å². The molecule has 0 aromatic carbocycles. The van der Waals surface area contributed by atoms with Crippen LogP contribution in [0, 0.1) is 6.92 Å². The van der Waals surface area contributed by atoms with Gasteiger partial charge in [0, 0.05) is 48.8 Å². The number of hydrogen-bond acceptors (Lipinski definition) is 20. The molecule has 9 N–H and O–H groups in total. The van der Waals surface area contributed by atoms with Gasteiger partial charge in [0.05, 0.1) is 31.7 Å². The SMILES string of the molecule is Cc1cn([C@H]2CC(OP(=O)(O)OC[C@H]3O[C@@H](n4ccc(N)nc4=O)CC3O)[C@@H](COP(=O)(O)OC3C[C@H](n4cnc5c(N)ncnc54)O[C@@H]3CC(C)(C)NC(C)C)O2)c(=O)[nH]c1=O. The summed E-state index contributed by atoms with van der Waals surface area (Å²) in [6.07, 6.45) is -4.80. The summed E-state index contributed by atoms with van der Waals surface area (Å²) in [5.41, 5.74) is 9.62. The smallest absolute Gasteiger partial charge is 0.390 e. The number of aliphatic hydroxyl groups is 1. The molecule has 5 unspecified atom stereocenters. The molecule has 0 aliphatic carbocycles. The molecular weight excluding hydrogens is 876 g/mol. The Kier molecular flexibility index (Phi) is 13.6. The van der Waals surface area contributed by atoms with Crippen LogP contribution < -0.4 is 33.7 Å². The minimum absolute atomic E-state index is 0.0206. The van der Waals surface area contributed by atoms with E-state index >= 15 is 0 Å². The van der Waals surface area contributed by atoms with Gasteiger partial charge in [-0.2, -0.15) is 4.98 Å². The molecule has 3 saturated heterocycles. The highest BCUT2D eigenvalue weighted by molar-refractivity contribution is 7.47. The van der Waals surface area contributed by atoms with Gasteiger partial charge in [0.25, 0.3) is 5.56 Å². The third-order valence-corrected chi connectivity index (χ3v) is 12.6. The minimum atomic E-state index is -5.07. The molecule has 3 aliphatic heterocycles. The Morgan fingerprint density at radius 1 is 0.905 bits per heavy atom. The number of nitrogen functional groups attached to an aromatic ring is 2. The first kappa shape index (κ1) is 46.7. The lowest BCUT2D eigenvalue weighted by Gasteiger charge is -2.33. The van der Waals surface area contributed by atoms with Gasteiger partial charge in [-0.15, -0.1) is 0 Å². The number of nitrogens with one attached hydrogen (secondary N) is 2. The normalized spacial score (nSPS) is 28.5. The molecule has 0 spiro atoms. The summed E-state index contributed by atoms with van der Waals surface area (Å²) in [7, 11) is -10.1. The monoisotopic (exact) mass is 927 g/mol. The van der Waals surface area contributed by atoms with Crippen molar-refractivity contribution in [3.05, 3.63) is 68.0 Å². The van der Waals surface area contributed by atoms with Crippen molar-refractivity contribution in [2.75, 3.05) is 24.7 Å². The fraction of sp³-hybridized carbons (Fsp3) is 0.629. The highest BCUT2D eigenvalue weighted by Gasteiger charge is 2.47. The number of aromatic amines is 1. The molecule has 11 atom stereocenters. The number of aryl methyl sites for hydroxylation is 1. The van der Waals surface area contributed by atoms with Crippen LogP contribution in [0.25, 0.3) is 11.2 Å². The minimum Gasteiger partial charge on any atom is -0.390 e. The molecule has 0 saturated carbocycles. The van der Waals surface area contributed by atoms with E-state index in [1.165, 1.54) is 38.0 Å². The molecular formula is C35H51N11O15P2. The van der Waals surface area contributed by atoms with Crippen LogP contribution in [-0.4, -0.2) is 115 Å². The summed E-state index contributed by atoms with van der Waals surface area (Å²) in [4.78, 5) is 77.7. The van der Waals surface area contributed by atoms with Crippen molar-refractivity contribution in [3.8, 4) is 0 Å². The number of rotatable bonds is 17. The fourth-order valence-electron chi connectivity index (χ4n) is 7.94. The number of aromatic nitrogens is 8. The van der Waals surface area contributed by atoms with Crippen LogP contribution in [0.2, 0.25) is 0 Å². The largest absolute Gasteiger partial charge is 0.472 e. The summed E-state index contributed by atoms with van der Waals surface area (Å²) in [6.45, 7) is 7.85. The van der Waals surface area contributed by atoms with Gasteiger partial charge in [0.1, 0.15) is 60.8 Å². The van der Waals surface area contributed by atoms with Crippen LogP contribution in [-0.2, 0) is 41.4 Å². The standard InChI is InChI=1S/C35H51N11O15P2/c1-17(2)43-35(4,5)11-22-20(9-28(57-22)46-16-40-29-30(37)38-15-39-31(29)46)60-63(53,54)56-14-24-21(10-27(59-24)45-12-18(3)32(48)42-34(45)50)61-62(51,52)55-13-23-19(47)8-26(58-23)44-7-6-25(36)41-33(44)49/h6-7,12,15-17,19-24,26-28,43,47H,8-11,13-14H2,1-5H3,(H,51,52)(H,53,54)(H2,36,41,49)(H2,37,38,39)(H,42,48,50)/t19?,20?,21?,22-,23-,24-,26-,27-,28-/m1/s1. The molecule has 3 aliphatic rings. The zero-order valence-electron chi connectivity index (χ0n) is 34.8. The van der Waals surface area contributed by atoms with Crippen LogP contribution in [0.1, 0.15) is 77.6 Å². The first-order valence-electron chi connectivity index (χ1n) is 19.9. The third kappa shape index (κ3) is 11.0. The zero-order chi connectivity index (χ0) is 45.6. The molecule has 4 aromatic heterocycles. The van der Waals surface area contributed by atoms with Crippen molar-refractivity contribution < 1.29 is 56.3 Å². The van der Waals surface area contributed by atoms with Crippen LogP contribution in [0.5, 0.6) is 0 Å². The topological polar surface area (TPSA) is 357 Å². The molecule has 0 radical (unpaired) electrons. The Labute approximate surface area is 358 Å². The van der Waals surface area contributed by atoms with Gasteiger partial charge in [-0.1, -0.05) is 13.8 Å². The molecule has 0 amide bonds. The molecule has 26 nitrogen and oxygen atoms in total. The second-order valence-corrected chi connectivity index (χ2v) is 19.3. The van der Waals surface area contributed by atoms with Crippen LogP contribution in [0.4, 0.5) is 11.6 Å². The van der Waals surface area contributed by atoms with Crippen LogP contribution in [0.15, 0.2) is 45.5 Å². The van der Waals surface area contributed by atoms with E-state index < -0.39 is 107 Å². The average Bonchev–Trinajstić information content (AvgIpc) is 3.96. The summed E-state index contributed by atoms with van der Waals surface area (Å²) >= 11 is 0. The van der Waals surface area contributed by atoms with Gasteiger partial charge in [0.2, 0.25) is 0 Å². The first-order valence-corrected chi connectivity index (χ1v) is 22.9. The van der Waals surface area contributed by atoms with E-state index in [9.17, 15) is 38.4 Å². The second-order valence-electron chi connectivity index (χ2n) is 16.5. The maximum atomic E-state index is 13.8. The van der Waals surface area contributed by atoms with Gasteiger partial charge >= 0.3 is 27.0 Å². The van der Waals surface area contributed by atoms with Crippen molar-refractivity contribution in [2.45, 2.75) is 127 Å². The number of nitrogens with zero attached hydrogens (tertiary/aromatic N) is 7. The van der Waals surface area contributed by atoms with E-state index in [4.69, 9.17) is 43.8 Å². The number of phosphoric ester groups is 2. The lowest BCUT2D eigenvalue weighted by atomic mass is 9.93. The number of aliphatic hydroxyl groups excluding tert-OH is 1. The lowest BCUT2D eigenvalue weighted by Crippen LogP contribution is -2.47. The number of H-pyrrole nitrogens is 1. The van der Waals surface area contributed by atoms with Crippen molar-refractivity contribution in [2.24, 2.45) is 0 Å². The third-order valence-electron chi connectivity index (χ3n) is 10.6. The molecule has 346 valence electrons. The van der Waals surface area contributed by atoms with Crippen molar-refractivity contribution in [1.29, 1.82) is 0 Å². The van der Waals surface area contributed by atoms with Gasteiger partial charge in [-0.3, -0.25) is 41.6 Å². The van der Waals surface area contributed by atoms with Crippen LogP contribution >= 0.6 is 15.6 Å². The fourth-order valence-corrected chi connectivity index (χ4v) is 9.86. The second kappa shape index (κ2) is 18.3. The number of hydrogen-bond donors (Lipinski definition) is 7. The van der Waals surface area contributed by atoms with E-state index in [2.05, 4.69) is 30.2 Å². The van der Waals surface area contributed by atoms with Crippen molar-refractivity contribution in [3.63, 3.8) is 0 Å². The lowest BCUT2D eigenvalue weighted by molar-refractivity contribution is -0.0603. The van der Waals surface area contributed by atoms with Crippen molar-refractivity contribution in [1.82, 2.24) is 43.9 Å². The van der Waals surface area contributed by atoms with E-state index in [1.807, 2.05) is 27.7 Å². The predicted molar refractivity (Wildman–Crippen MR) is 219 cm³/mol. The molecule has 3 fully saturated rings. The maximum absolute atomic E-state index is 13.8. The Balaban J connectivity index is 1.06. The Bertz CT molecular complexity index is 2570. The van der Waals surface area contributed by atoms with Crippen molar-refractivity contribution >= 4 is 38.4 Å². The number of phosphoric acid groups is 2. The van der Waals surface area contributed by atoms with Gasteiger partial charge in [-0.05, 0) is 33.3 Å².